The van der Waals surface area contributed by atoms with E-state index in [2.05, 4.69) is 93.9 Å². The van der Waals surface area contributed by atoms with Gasteiger partial charge in [-0.2, -0.15) is 0 Å². The van der Waals surface area contributed by atoms with Crippen molar-refractivity contribution in [3.8, 4) is 5.75 Å². The lowest BCUT2D eigenvalue weighted by Gasteiger charge is -2.58. The summed E-state index contributed by atoms with van der Waals surface area (Å²) in [6.07, 6.45) is 29.3. The van der Waals surface area contributed by atoms with Crippen LogP contribution in [0.15, 0.2) is 139 Å². The third kappa shape index (κ3) is 23.7. The second-order valence-corrected chi connectivity index (χ2v) is 41.8. The number of rotatable bonds is 28. The number of phenols is 1. The molecule has 0 spiro atoms. The van der Waals surface area contributed by atoms with Gasteiger partial charge in [0.2, 0.25) is 59.1 Å². The predicted octanol–water partition coefficient (Wildman–Crippen LogP) is 9.63. The number of ether oxygens (including phenoxy) is 1. The van der Waals surface area contributed by atoms with Crippen molar-refractivity contribution < 1.29 is 75.3 Å². The highest BCUT2D eigenvalue weighted by atomic mass is 33.1. The Hall–Kier alpha value is -10.1. The third-order valence-electron chi connectivity index (χ3n) is 29.5. The van der Waals surface area contributed by atoms with Gasteiger partial charge in [0, 0.05) is 78.0 Å². The Labute approximate surface area is 775 Å². The van der Waals surface area contributed by atoms with Crippen LogP contribution in [0.5, 0.6) is 5.75 Å². The lowest BCUT2D eigenvalue weighted by atomic mass is 9.47. The van der Waals surface area contributed by atoms with Crippen molar-refractivity contribution in [3.63, 3.8) is 0 Å². The number of hydrogen-bond donors (Lipinski definition) is 13. The summed E-state index contributed by atoms with van der Waals surface area (Å²) in [6, 6.07) is 4.71. The summed E-state index contributed by atoms with van der Waals surface area (Å²) >= 11 is 0. The summed E-state index contributed by atoms with van der Waals surface area (Å²) in [5, 5.41) is 51.9. The molecule has 5 aliphatic carbocycles. The first kappa shape index (κ1) is 97.4. The molecule has 3 aromatic carbocycles. The van der Waals surface area contributed by atoms with Crippen molar-refractivity contribution in [2.24, 2.45) is 63.9 Å². The standard InChI is InChI=1S/C99H136N14O15S2.2H2/c1-57(2)20-16-21-59(5)72-38-39-73-71-37-34-67-52-69(40-42-98(67,7)74(71)41-43-99(72,73)8)128-97(127)101-44-15-14-27-76-87(117)109-84(58(3)4)94(124)108-81(92(122)110-85(60(6)114)86(100)116)56-130-129-55-80(91(121)104-77(49-61-31-35-68(115)36-32-61)88(118)105-79(90(120)103-76)51-66-53-102-75-26-13-12-25-70(66)75)107-89(119)78(50-62-30-33-63-22-10-11-23-64(63)48-62)106-93(123)82-28-18-46-112(82)96(126)83-29-19-47-113(83)95(125)65-24-17-45-111(9)54-65;;/h10-13,17,22-23,25-26,30-36,45,48,53-54,57-60,69-85,102,114-115H,14-16,18-21,24,27-29,37-44,46-47,49-52,55-56H2,1-9H3,(H2,100,116)(H,101,127)(H,103,120)(H,104,121)(H,105,118)(H,106,123)(H,107,119)(H,108,124)(H,109,117)(H,110,122);2*1H/i;2*1+1. The van der Waals surface area contributed by atoms with E-state index in [-0.39, 0.29) is 101 Å². The zero-order chi connectivity index (χ0) is 92.8. The molecular weight excluding hydrogens is 1690 g/mol. The Balaban J connectivity index is 0.00000840. The molecule has 12 amide bonds. The number of fused-ring (bicyclic) bond motifs is 7. The molecule has 29 nitrogen and oxygen atoms in total. The summed E-state index contributed by atoms with van der Waals surface area (Å²) in [4.78, 5) is 184. The average Bonchev–Trinajstić information content (AvgIpc) is 1.35. The number of phenolic OH excluding ortho intramolecular Hbond substituents is 1. The molecule has 0 bridgehead atoms. The van der Waals surface area contributed by atoms with E-state index in [0.29, 0.717) is 90.5 Å². The van der Waals surface area contributed by atoms with Gasteiger partial charge in [0.15, 0.2) is 0 Å². The van der Waals surface area contributed by atoms with E-state index < -0.39 is 138 Å². The monoisotopic (exact) mass is 1830 g/mol. The quantitative estimate of drug-likeness (QED) is 0.0183. The highest BCUT2D eigenvalue weighted by molar-refractivity contribution is 8.76. The summed E-state index contributed by atoms with van der Waals surface area (Å²) < 4.78 is 6.21. The van der Waals surface area contributed by atoms with E-state index in [1.165, 1.54) is 74.5 Å². The summed E-state index contributed by atoms with van der Waals surface area (Å²) in [5.41, 5.74) is 9.77. The second-order valence-electron chi connectivity index (χ2n) is 39.2. The van der Waals surface area contributed by atoms with Crippen molar-refractivity contribution >= 4 is 103 Å². The number of nitrogens with zero attached hydrogens (tertiary/aromatic N) is 3. The Morgan fingerprint density at radius 3 is 2.14 bits per heavy atom. The number of nitrogens with two attached hydrogens (primary N) is 1. The summed E-state index contributed by atoms with van der Waals surface area (Å²) in [5.74, 6) is -6.20. The van der Waals surface area contributed by atoms with Gasteiger partial charge in [0.1, 0.15) is 72.3 Å². The van der Waals surface area contributed by atoms with Crippen molar-refractivity contribution in [2.75, 3.05) is 38.2 Å². The number of aliphatic hydroxyl groups is 1. The minimum Gasteiger partial charge on any atom is -0.508 e. The van der Waals surface area contributed by atoms with Crippen LogP contribution in [0.1, 0.15) is 198 Å². The predicted molar refractivity (Wildman–Crippen MR) is 505 cm³/mol. The molecule has 14 N–H and O–H groups in total. The number of nitrogens with one attached hydrogen (secondary N) is 10. The van der Waals surface area contributed by atoms with Gasteiger partial charge < -0.3 is 88.6 Å². The number of alkyl carbamates (subject to hydrolysis) is 1. The molecule has 3 saturated carbocycles. The highest BCUT2D eigenvalue weighted by Crippen LogP contribution is 2.67. The normalized spacial score (nSPS) is 29.9. The van der Waals surface area contributed by atoms with E-state index in [4.69, 9.17) is 10.5 Å². The minimum atomic E-state index is -1.65. The fourth-order valence-corrected chi connectivity index (χ4v) is 24.6. The van der Waals surface area contributed by atoms with E-state index in [9.17, 15) is 34.2 Å². The van der Waals surface area contributed by atoms with Crippen molar-refractivity contribution in [3.05, 3.63) is 150 Å². The molecule has 708 valence electrons. The molecule has 130 heavy (non-hydrogen) atoms. The van der Waals surface area contributed by atoms with E-state index in [0.717, 1.165) is 69.4 Å². The number of likely N-dealkylation sites (tertiary alicyclic amines) is 2. The van der Waals surface area contributed by atoms with Crippen LogP contribution in [0, 0.1) is 58.2 Å². The van der Waals surface area contributed by atoms with Gasteiger partial charge in [-0.25, -0.2) is 4.79 Å². The van der Waals surface area contributed by atoms with E-state index >= 15 is 33.6 Å². The molecule has 31 heteroatoms. The molecule has 21 atom stereocenters. The summed E-state index contributed by atoms with van der Waals surface area (Å²) in [6.45, 7) is 17.5. The molecule has 3 aromatic rings. The third-order valence-corrected chi connectivity index (χ3v) is 31.9. The maximum Gasteiger partial charge on any atom is 0.407 e. The Bertz CT molecular complexity index is 4860. The zero-order valence-electron chi connectivity index (χ0n) is 76.7. The number of unbranched alkanes of at least 4 members (excludes halogenated alkanes) is 1. The molecule has 10 aliphatic rings. The molecule has 0 aromatic heterocycles. The maximum atomic E-state index is 15.8. The van der Waals surface area contributed by atoms with Crippen molar-refractivity contribution in [2.45, 2.75) is 275 Å². The smallest absolute Gasteiger partial charge is 0.407 e. The van der Waals surface area contributed by atoms with Crippen LogP contribution in [0.25, 0.3) is 10.8 Å². The molecule has 3 saturated heterocycles. The zero-order valence-corrected chi connectivity index (χ0v) is 78.3. The van der Waals surface area contributed by atoms with Gasteiger partial charge in [-0.3, -0.25) is 52.7 Å². The number of aromatic hydroxyl groups is 1. The highest BCUT2D eigenvalue weighted by Gasteiger charge is 2.60. The van der Waals surface area contributed by atoms with Gasteiger partial charge in [0.05, 0.1) is 12.1 Å². The fraction of sp³-hybridized carbons (Fsp3) is 0.596. The number of benzene rings is 3. The van der Waals surface area contributed by atoms with E-state index in [1.807, 2.05) is 86.1 Å². The number of amides is 12. The van der Waals surface area contributed by atoms with Crippen LogP contribution in [-0.4, -0.2) is 213 Å². The van der Waals surface area contributed by atoms with Crippen molar-refractivity contribution in [1.82, 2.24) is 67.9 Å². The number of primary amides is 1. The topological polar surface area (TPSA) is 411 Å². The molecule has 0 radical (unpaired) electrons. The minimum absolute atomic E-state index is 0. The van der Waals surface area contributed by atoms with Gasteiger partial charge in [-0.05, 0) is 214 Å². The van der Waals surface area contributed by atoms with Crippen LogP contribution in [-0.2, 0) is 70.3 Å². The van der Waals surface area contributed by atoms with E-state index in [1.54, 1.807) is 48.2 Å². The van der Waals surface area contributed by atoms with Crippen LogP contribution in [0.4, 0.5) is 4.79 Å². The SMILES string of the molecule is CC(C)CCCC(C)C1CCC2C3CC=C4CC(OC(=O)NCCCCC5NC(=O)C(CC6=CNC7C=CC=CC67)NC(=O)C(Cc6ccc(O)cc6)NC(=O)C(NC(=O)C(Cc6ccc7ccccc7c6)NC(=O)C6CCCN6C(=O)C6CCCN6C(=O)C6=CN(C)C=CC6)CSSCC(C(=O)NC(C(N)=O)C(C)O)NC(=O)C(C(C)C)NC5=O)CCC4(C)C3CCC12C.[2HH].[2HH]. The molecule has 21 unspecified atom stereocenters. The maximum absolute atomic E-state index is 15.8. The first-order valence-electron chi connectivity index (χ1n) is 47.3. The number of hydrogen-bond acceptors (Lipinski definition) is 19. The van der Waals surface area contributed by atoms with Gasteiger partial charge in [-0.15, -0.1) is 0 Å². The molecular formula is C99H140N14O15S2. The Morgan fingerprint density at radius 2 is 1.40 bits per heavy atom. The van der Waals surface area contributed by atoms with Crippen LogP contribution < -0.4 is 58.9 Å². The van der Waals surface area contributed by atoms with Gasteiger partial charge in [-0.1, -0.05) is 186 Å². The lowest BCUT2D eigenvalue weighted by molar-refractivity contribution is -0.146. The number of allylic oxidation sites excluding steroid dienone is 4. The molecule has 13 rings (SSSR count). The summed E-state index contributed by atoms with van der Waals surface area (Å²) in [7, 11) is 3.72. The molecule has 5 heterocycles. The largest absolute Gasteiger partial charge is 0.508 e. The first-order chi connectivity index (χ1) is 62.2. The first-order valence-corrected chi connectivity index (χ1v) is 49.8. The second kappa shape index (κ2) is 43.9. The lowest BCUT2D eigenvalue weighted by Crippen LogP contribution is -2.62. The number of aliphatic hydroxyl groups excluding tert-OH is 1. The number of carbonyl (C=O) groups excluding carboxylic acids is 12. The Morgan fingerprint density at radius 1 is 0.700 bits per heavy atom. The molecule has 5 aliphatic heterocycles. The van der Waals surface area contributed by atoms with Crippen LogP contribution in [0.3, 0.4) is 0 Å². The van der Waals surface area contributed by atoms with Crippen LogP contribution >= 0.6 is 21.6 Å². The fourth-order valence-electron chi connectivity index (χ4n) is 22.3. The van der Waals surface area contributed by atoms with Crippen molar-refractivity contribution in [1.29, 1.82) is 0 Å². The van der Waals surface area contributed by atoms with Gasteiger partial charge in [0.25, 0.3) is 5.91 Å². The van der Waals surface area contributed by atoms with Gasteiger partial charge >= 0.3 is 6.09 Å². The van der Waals surface area contributed by atoms with Crippen LogP contribution in [0.2, 0.25) is 0 Å². The molecule has 6 fully saturated rings. The average molecular weight is 1830 g/mol. The number of carbonyl (C=O) groups is 12. The Kier molecular flexibility index (Phi) is 32.9.